The molecule has 1 aromatic heterocycles. The second kappa shape index (κ2) is 5.68. The Labute approximate surface area is 101 Å². The molecule has 0 bridgehead atoms. The second-order valence-corrected chi connectivity index (χ2v) is 4.58. The molecule has 17 heavy (non-hydrogen) atoms. The molecule has 0 aromatic carbocycles. The number of nitrogens with one attached hydrogen (secondary N) is 1. The molecule has 0 aliphatic rings. The van der Waals surface area contributed by atoms with E-state index < -0.39 is 5.60 Å². The van der Waals surface area contributed by atoms with Crippen molar-refractivity contribution in [3.63, 3.8) is 0 Å². The van der Waals surface area contributed by atoms with Gasteiger partial charge in [-0.1, -0.05) is 13.8 Å². The molecule has 0 spiro atoms. The minimum atomic E-state index is -0.895. The number of carbonyl (C=O) groups is 1. The van der Waals surface area contributed by atoms with Gasteiger partial charge in [0.25, 0.3) is 0 Å². The average molecular weight is 237 g/mol. The number of aliphatic hydroxyl groups is 1. The van der Waals surface area contributed by atoms with Crippen molar-refractivity contribution in [3.8, 4) is 0 Å². The van der Waals surface area contributed by atoms with E-state index in [4.69, 9.17) is 4.42 Å². The van der Waals surface area contributed by atoms with E-state index >= 15 is 0 Å². The third kappa shape index (κ3) is 4.44. The van der Waals surface area contributed by atoms with Crippen molar-refractivity contribution in [2.45, 2.75) is 26.4 Å². The highest BCUT2D eigenvalue weighted by Crippen LogP contribution is 2.14. The van der Waals surface area contributed by atoms with Gasteiger partial charge in [0.15, 0.2) is 0 Å². The van der Waals surface area contributed by atoms with Crippen molar-refractivity contribution in [1.82, 2.24) is 5.32 Å². The molecule has 0 aliphatic carbocycles. The van der Waals surface area contributed by atoms with Gasteiger partial charge in [0.1, 0.15) is 5.76 Å². The minimum Gasteiger partial charge on any atom is -0.465 e. The molecule has 4 nitrogen and oxygen atoms in total. The van der Waals surface area contributed by atoms with Crippen molar-refractivity contribution in [3.05, 3.63) is 30.2 Å². The lowest BCUT2D eigenvalue weighted by Crippen LogP contribution is -2.43. The Morgan fingerprint density at radius 1 is 1.65 bits per heavy atom. The summed E-state index contributed by atoms with van der Waals surface area (Å²) in [5, 5.41) is 12.6. The van der Waals surface area contributed by atoms with Crippen molar-refractivity contribution in [2.24, 2.45) is 5.92 Å². The number of hydrogen-bond donors (Lipinski definition) is 2. The standard InChI is InChI=1S/C13H19NO3/c1-10(2)13(3,16)9-14-12(15)7-6-11-5-4-8-17-11/h4-8,10,16H,9H2,1-3H3,(H,14,15). The SMILES string of the molecule is CC(C)C(C)(O)CNC(=O)C=Cc1ccco1. The first-order valence-corrected chi connectivity index (χ1v) is 5.63. The van der Waals surface area contributed by atoms with E-state index in [0.29, 0.717) is 5.76 Å². The molecule has 94 valence electrons. The number of hydrogen-bond acceptors (Lipinski definition) is 3. The maximum absolute atomic E-state index is 11.5. The van der Waals surface area contributed by atoms with Gasteiger partial charge in [-0.2, -0.15) is 0 Å². The van der Waals surface area contributed by atoms with Crippen LogP contribution in [0, 0.1) is 5.92 Å². The predicted molar refractivity (Wildman–Crippen MR) is 66.2 cm³/mol. The van der Waals surface area contributed by atoms with Gasteiger partial charge in [-0.3, -0.25) is 4.79 Å². The summed E-state index contributed by atoms with van der Waals surface area (Å²) in [6.45, 7) is 5.75. The Morgan fingerprint density at radius 2 is 2.35 bits per heavy atom. The summed E-state index contributed by atoms with van der Waals surface area (Å²) in [6.07, 6.45) is 4.51. The minimum absolute atomic E-state index is 0.0804. The molecule has 1 atom stereocenters. The normalized spacial score (nSPS) is 15.1. The quantitative estimate of drug-likeness (QED) is 0.768. The number of carbonyl (C=O) groups excluding carboxylic acids is 1. The van der Waals surface area contributed by atoms with Gasteiger partial charge in [0.05, 0.1) is 11.9 Å². The van der Waals surface area contributed by atoms with Crippen LogP contribution < -0.4 is 5.32 Å². The van der Waals surface area contributed by atoms with Crippen LogP contribution in [0.4, 0.5) is 0 Å². The third-order valence-electron chi connectivity index (χ3n) is 2.81. The molecular formula is C13H19NO3. The lowest BCUT2D eigenvalue weighted by atomic mass is 9.92. The van der Waals surface area contributed by atoms with Crippen LogP contribution in [0.1, 0.15) is 26.5 Å². The zero-order valence-corrected chi connectivity index (χ0v) is 10.4. The molecule has 4 heteroatoms. The van der Waals surface area contributed by atoms with Gasteiger partial charge in [-0.05, 0) is 31.1 Å². The fraction of sp³-hybridized carbons (Fsp3) is 0.462. The summed E-state index contributed by atoms with van der Waals surface area (Å²) in [7, 11) is 0. The molecule has 1 unspecified atom stereocenters. The first kappa shape index (κ1) is 13.5. The highest BCUT2D eigenvalue weighted by molar-refractivity contribution is 5.91. The van der Waals surface area contributed by atoms with Crippen molar-refractivity contribution < 1.29 is 14.3 Å². The van der Waals surface area contributed by atoms with Crippen LogP contribution in [0.25, 0.3) is 6.08 Å². The van der Waals surface area contributed by atoms with E-state index in [-0.39, 0.29) is 18.4 Å². The van der Waals surface area contributed by atoms with Crippen LogP contribution in [0.5, 0.6) is 0 Å². The van der Waals surface area contributed by atoms with E-state index in [1.807, 2.05) is 13.8 Å². The summed E-state index contributed by atoms with van der Waals surface area (Å²) >= 11 is 0. The van der Waals surface area contributed by atoms with Gasteiger partial charge in [0, 0.05) is 12.6 Å². The fourth-order valence-corrected chi connectivity index (χ4v) is 1.07. The van der Waals surface area contributed by atoms with Crippen LogP contribution in [0.2, 0.25) is 0 Å². The molecule has 2 N–H and O–H groups in total. The van der Waals surface area contributed by atoms with E-state index in [2.05, 4.69) is 5.32 Å². The van der Waals surface area contributed by atoms with E-state index in [0.717, 1.165) is 0 Å². The van der Waals surface area contributed by atoms with Crippen LogP contribution in [-0.2, 0) is 4.79 Å². The molecule has 1 rings (SSSR count). The zero-order chi connectivity index (χ0) is 12.9. The van der Waals surface area contributed by atoms with Gasteiger partial charge in [-0.15, -0.1) is 0 Å². The second-order valence-electron chi connectivity index (χ2n) is 4.58. The number of furan rings is 1. The van der Waals surface area contributed by atoms with Gasteiger partial charge in [0.2, 0.25) is 5.91 Å². The molecular weight excluding hydrogens is 218 g/mol. The molecule has 0 saturated carbocycles. The smallest absolute Gasteiger partial charge is 0.244 e. The summed E-state index contributed by atoms with van der Waals surface area (Å²) in [6, 6.07) is 3.51. The van der Waals surface area contributed by atoms with E-state index in [9.17, 15) is 9.90 Å². The maximum Gasteiger partial charge on any atom is 0.244 e. The fourth-order valence-electron chi connectivity index (χ4n) is 1.07. The lowest BCUT2D eigenvalue weighted by Gasteiger charge is -2.27. The predicted octanol–water partition coefficient (Wildman–Crippen LogP) is 1.82. The Morgan fingerprint density at radius 3 is 2.88 bits per heavy atom. The first-order valence-electron chi connectivity index (χ1n) is 5.63. The van der Waals surface area contributed by atoms with Crippen LogP contribution >= 0.6 is 0 Å². The molecule has 1 aromatic rings. The van der Waals surface area contributed by atoms with Gasteiger partial charge >= 0.3 is 0 Å². The highest BCUT2D eigenvalue weighted by atomic mass is 16.3. The third-order valence-corrected chi connectivity index (χ3v) is 2.81. The summed E-state index contributed by atoms with van der Waals surface area (Å²) in [4.78, 5) is 11.5. The summed E-state index contributed by atoms with van der Waals surface area (Å²) in [5.41, 5.74) is -0.895. The van der Waals surface area contributed by atoms with E-state index in [1.54, 1.807) is 31.4 Å². The number of amides is 1. The van der Waals surface area contributed by atoms with Crippen molar-refractivity contribution in [1.29, 1.82) is 0 Å². The topological polar surface area (TPSA) is 62.5 Å². The maximum atomic E-state index is 11.5. The molecule has 0 aliphatic heterocycles. The number of rotatable bonds is 5. The molecule has 0 radical (unpaired) electrons. The Balaban J connectivity index is 2.41. The monoisotopic (exact) mass is 237 g/mol. The summed E-state index contributed by atoms with van der Waals surface area (Å²) in [5.74, 6) is 0.454. The van der Waals surface area contributed by atoms with E-state index in [1.165, 1.54) is 6.08 Å². The molecule has 1 amide bonds. The largest absolute Gasteiger partial charge is 0.465 e. The van der Waals surface area contributed by atoms with Gasteiger partial charge in [-0.25, -0.2) is 0 Å². The highest BCUT2D eigenvalue weighted by Gasteiger charge is 2.24. The lowest BCUT2D eigenvalue weighted by molar-refractivity contribution is -0.118. The first-order chi connectivity index (χ1) is 7.92. The van der Waals surface area contributed by atoms with Gasteiger partial charge < -0.3 is 14.8 Å². The molecule has 0 saturated heterocycles. The Hall–Kier alpha value is -1.55. The Bertz CT molecular complexity index is 377. The van der Waals surface area contributed by atoms with Crippen LogP contribution in [0.15, 0.2) is 28.9 Å². The van der Waals surface area contributed by atoms with Crippen molar-refractivity contribution in [2.75, 3.05) is 6.54 Å². The zero-order valence-electron chi connectivity index (χ0n) is 10.4. The molecule has 1 heterocycles. The molecule has 0 fully saturated rings. The van der Waals surface area contributed by atoms with Crippen LogP contribution in [0.3, 0.4) is 0 Å². The Kier molecular flexibility index (Phi) is 4.52. The van der Waals surface area contributed by atoms with Crippen molar-refractivity contribution >= 4 is 12.0 Å². The van der Waals surface area contributed by atoms with Crippen LogP contribution in [-0.4, -0.2) is 23.2 Å². The summed E-state index contributed by atoms with van der Waals surface area (Å²) < 4.78 is 5.05. The average Bonchev–Trinajstić information content (AvgIpc) is 2.76.